The molecule has 1 aromatic carbocycles. The van der Waals surface area contributed by atoms with Gasteiger partial charge in [-0.2, -0.15) is 0 Å². The Kier molecular flexibility index (Phi) is 7.28. The number of hydrogen-bond acceptors (Lipinski definition) is 2. The molecule has 28 heavy (non-hydrogen) atoms. The maximum atomic E-state index is 6.52. The largest absolute Gasteiger partial charge is 0.492 e. The Balaban J connectivity index is 1.47. The van der Waals surface area contributed by atoms with Crippen molar-refractivity contribution in [2.75, 3.05) is 26.7 Å². The van der Waals surface area contributed by atoms with E-state index in [-0.39, 0.29) is 5.41 Å². The molecule has 1 unspecified atom stereocenters. The molecule has 1 fully saturated rings. The van der Waals surface area contributed by atoms with Crippen LogP contribution in [0.5, 0.6) is 5.75 Å². The number of benzene rings is 1. The lowest BCUT2D eigenvalue weighted by atomic mass is 9.80. The Bertz CT molecular complexity index is 708. The van der Waals surface area contributed by atoms with Crippen LogP contribution in [0, 0.1) is 11.3 Å². The summed E-state index contributed by atoms with van der Waals surface area (Å²) in [5.41, 5.74) is 2.90. The zero-order valence-electron chi connectivity index (χ0n) is 18.0. The summed E-state index contributed by atoms with van der Waals surface area (Å²) < 4.78 is 5.98. The molecule has 1 aromatic rings. The molecule has 1 atom stereocenters. The first kappa shape index (κ1) is 21.5. The molecule has 3 rings (SSSR count). The lowest BCUT2D eigenvalue weighted by Gasteiger charge is -2.28. The molecule has 0 saturated carbocycles. The van der Waals surface area contributed by atoms with E-state index in [1.807, 2.05) is 6.07 Å². The summed E-state index contributed by atoms with van der Waals surface area (Å²) in [7, 11) is 2.22. The van der Waals surface area contributed by atoms with Crippen molar-refractivity contribution >= 4 is 11.6 Å². The molecular formula is C25H36ClNO. The number of allylic oxidation sites excluding steroid dienone is 4. The molecule has 0 spiro atoms. The van der Waals surface area contributed by atoms with Crippen LogP contribution in [-0.2, 0) is 0 Å². The van der Waals surface area contributed by atoms with E-state index in [4.69, 9.17) is 16.3 Å². The van der Waals surface area contributed by atoms with Gasteiger partial charge in [-0.05, 0) is 86.8 Å². The van der Waals surface area contributed by atoms with Crippen LogP contribution >= 0.6 is 11.6 Å². The van der Waals surface area contributed by atoms with Crippen molar-refractivity contribution in [3.63, 3.8) is 0 Å². The average molecular weight is 402 g/mol. The van der Waals surface area contributed by atoms with Crippen LogP contribution in [-0.4, -0.2) is 31.6 Å². The molecule has 2 nitrogen and oxygen atoms in total. The number of piperidine rings is 1. The number of hydrogen-bond donors (Lipinski definition) is 0. The zero-order chi connectivity index (χ0) is 20.1. The molecule has 0 N–H and O–H groups in total. The van der Waals surface area contributed by atoms with E-state index >= 15 is 0 Å². The van der Waals surface area contributed by atoms with Crippen LogP contribution in [0.3, 0.4) is 0 Å². The van der Waals surface area contributed by atoms with Gasteiger partial charge < -0.3 is 9.64 Å². The summed E-state index contributed by atoms with van der Waals surface area (Å²) >= 11 is 6.52. The summed E-state index contributed by atoms with van der Waals surface area (Å²) in [4.78, 5) is 2.43. The number of likely N-dealkylation sites (tertiary alicyclic amines) is 1. The third-order valence-corrected chi connectivity index (χ3v) is 6.50. The van der Waals surface area contributed by atoms with Crippen LogP contribution in [0.15, 0.2) is 42.0 Å². The topological polar surface area (TPSA) is 12.5 Å². The lowest BCUT2D eigenvalue weighted by molar-refractivity contribution is 0.200. The van der Waals surface area contributed by atoms with Crippen molar-refractivity contribution in [1.29, 1.82) is 0 Å². The average Bonchev–Trinajstić information content (AvgIpc) is 2.67. The minimum Gasteiger partial charge on any atom is -0.492 e. The van der Waals surface area contributed by atoms with Gasteiger partial charge in [0.2, 0.25) is 0 Å². The molecule has 1 saturated heterocycles. The van der Waals surface area contributed by atoms with Gasteiger partial charge in [0.15, 0.2) is 0 Å². The standard InChI is InChI=1S/C25H36ClNO/c1-25(2,3)22-10-7-20(8-11-22)21-9-12-24(23(26)18-21)28-17-5-6-19-13-15-27(4)16-14-19/h7,9-12,18-20H,5-6,8,13-17H2,1-4H3. The van der Waals surface area contributed by atoms with Crippen LogP contribution in [0.4, 0.5) is 0 Å². The second-order valence-electron chi connectivity index (χ2n) is 9.54. The molecule has 1 heterocycles. The molecule has 154 valence electrons. The highest BCUT2D eigenvalue weighted by Gasteiger charge is 2.20. The number of ether oxygens (including phenoxy) is 1. The van der Waals surface area contributed by atoms with E-state index in [2.05, 4.69) is 63.1 Å². The Morgan fingerprint density at radius 2 is 1.93 bits per heavy atom. The minimum absolute atomic E-state index is 0.213. The summed E-state index contributed by atoms with van der Waals surface area (Å²) in [6, 6.07) is 6.30. The van der Waals surface area contributed by atoms with Crippen LogP contribution in [0.25, 0.3) is 0 Å². The summed E-state index contributed by atoms with van der Waals surface area (Å²) in [5, 5.41) is 0.732. The van der Waals surface area contributed by atoms with Crippen LogP contribution < -0.4 is 4.74 Å². The third kappa shape index (κ3) is 5.87. The molecule has 3 heteroatoms. The quantitative estimate of drug-likeness (QED) is 0.483. The van der Waals surface area contributed by atoms with Gasteiger partial charge in [0.1, 0.15) is 5.75 Å². The molecule has 1 aliphatic heterocycles. The maximum absolute atomic E-state index is 6.52. The van der Waals surface area contributed by atoms with E-state index in [1.54, 1.807) is 0 Å². The SMILES string of the molecule is CN1CCC(CCCOc2ccc(C3C=CC(C(C)(C)C)=CC3)cc2Cl)CC1. The summed E-state index contributed by atoms with van der Waals surface area (Å²) in [6.45, 7) is 10.0. The van der Waals surface area contributed by atoms with E-state index in [0.717, 1.165) is 36.1 Å². The molecule has 0 aromatic heterocycles. The maximum Gasteiger partial charge on any atom is 0.137 e. The fourth-order valence-electron chi connectivity index (χ4n) is 4.19. The highest BCUT2D eigenvalue weighted by atomic mass is 35.5. The smallest absolute Gasteiger partial charge is 0.137 e. The Labute approximate surface area is 176 Å². The minimum atomic E-state index is 0.213. The van der Waals surface area contributed by atoms with Gasteiger partial charge in [-0.15, -0.1) is 0 Å². The Morgan fingerprint density at radius 1 is 1.18 bits per heavy atom. The summed E-state index contributed by atoms with van der Waals surface area (Å²) in [5.74, 6) is 2.09. The second kappa shape index (κ2) is 9.50. The van der Waals surface area contributed by atoms with Gasteiger partial charge >= 0.3 is 0 Å². The number of halogens is 1. The highest BCUT2D eigenvalue weighted by molar-refractivity contribution is 6.32. The fourth-order valence-corrected chi connectivity index (χ4v) is 4.44. The Morgan fingerprint density at radius 3 is 2.54 bits per heavy atom. The van der Waals surface area contributed by atoms with Crippen molar-refractivity contribution in [2.45, 2.75) is 58.8 Å². The first-order valence-corrected chi connectivity index (χ1v) is 11.2. The molecule has 0 radical (unpaired) electrons. The van der Waals surface area contributed by atoms with Gasteiger partial charge in [-0.3, -0.25) is 0 Å². The van der Waals surface area contributed by atoms with Crippen molar-refractivity contribution in [2.24, 2.45) is 11.3 Å². The van der Waals surface area contributed by atoms with Crippen molar-refractivity contribution < 1.29 is 4.74 Å². The normalized spacial score (nSPS) is 21.6. The van der Waals surface area contributed by atoms with Gasteiger partial charge in [-0.1, -0.05) is 56.7 Å². The summed E-state index contributed by atoms with van der Waals surface area (Å²) in [6.07, 6.45) is 13.0. The first-order valence-electron chi connectivity index (χ1n) is 10.8. The number of nitrogens with zero attached hydrogens (tertiary/aromatic N) is 1. The molecule has 0 amide bonds. The molecular weight excluding hydrogens is 366 g/mol. The molecule has 0 bridgehead atoms. The zero-order valence-corrected chi connectivity index (χ0v) is 18.8. The third-order valence-electron chi connectivity index (χ3n) is 6.20. The van der Waals surface area contributed by atoms with Crippen molar-refractivity contribution in [3.8, 4) is 5.75 Å². The van der Waals surface area contributed by atoms with E-state index < -0.39 is 0 Å². The predicted molar refractivity (Wildman–Crippen MR) is 120 cm³/mol. The molecule has 1 aliphatic carbocycles. The monoisotopic (exact) mass is 401 g/mol. The van der Waals surface area contributed by atoms with Crippen LogP contribution in [0.2, 0.25) is 5.02 Å². The second-order valence-corrected chi connectivity index (χ2v) is 9.95. The Hall–Kier alpha value is -1.25. The van der Waals surface area contributed by atoms with E-state index in [9.17, 15) is 0 Å². The number of rotatable bonds is 6. The van der Waals surface area contributed by atoms with E-state index in [1.165, 1.54) is 43.5 Å². The van der Waals surface area contributed by atoms with Gasteiger partial charge in [0.05, 0.1) is 11.6 Å². The van der Waals surface area contributed by atoms with Gasteiger partial charge in [0, 0.05) is 5.92 Å². The van der Waals surface area contributed by atoms with Gasteiger partial charge in [-0.25, -0.2) is 0 Å². The highest BCUT2D eigenvalue weighted by Crippen LogP contribution is 2.36. The first-order chi connectivity index (χ1) is 13.3. The van der Waals surface area contributed by atoms with E-state index in [0.29, 0.717) is 5.92 Å². The van der Waals surface area contributed by atoms with Crippen molar-refractivity contribution in [1.82, 2.24) is 4.90 Å². The predicted octanol–water partition coefficient (Wildman–Crippen LogP) is 6.86. The molecule has 2 aliphatic rings. The van der Waals surface area contributed by atoms with Crippen molar-refractivity contribution in [3.05, 3.63) is 52.6 Å². The fraction of sp³-hybridized carbons (Fsp3) is 0.600. The van der Waals surface area contributed by atoms with Crippen LogP contribution in [0.1, 0.15) is 64.4 Å². The lowest BCUT2D eigenvalue weighted by Crippen LogP contribution is -2.30. The van der Waals surface area contributed by atoms with Gasteiger partial charge in [0.25, 0.3) is 0 Å².